The lowest BCUT2D eigenvalue weighted by Gasteiger charge is -2.09. The summed E-state index contributed by atoms with van der Waals surface area (Å²) in [7, 11) is 0. The third kappa shape index (κ3) is 3.67. The van der Waals surface area contributed by atoms with Crippen LogP contribution in [0.1, 0.15) is 23.5 Å². The predicted molar refractivity (Wildman–Crippen MR) is 71.6 cm³/mol. The second kappa shape index (κ2) is 6.35. The molecule has 0 bridgehead atoms. The third-order valence-electron chi connectivity index (χ3n) is 2.88. The van der Waals surface area contributed by atoms with Gasteiger partial charge >= 0.3 is 6.18 Å². The van der Waals surface area contributed by atoms with Crippen molar-refractivity contribution in [2.75, 3.05) is 0 Å². The third-order valence-corrected chi connectivity index (χ3v) is 2.88. The molecule has 0 aliphatic heterocycles. The molecule has 0 atom stereocenters. The van der Waals surface area contributed by atoms with E-state index < -0.39 is 11.7 Å². The van der Waals surface area contributed by atoms with Crippen LogP contribution >= 0.6 is 0 Å². The number of aromatic nitrogens is 2. The summed E-state index contributed by atoms with van der Waals surface area (Å²) in [6.07, 6.45) is -3.24. The van der Waals surface area contributed by atoms with Gasteiger partial charge in [-0.15, -0.1) is 0 Å². The van der Waals surface area contributed by atoms with Crippen molar-refractivity contribution in [3.63, 3.8) is 0 Å². The number of hydrogen-bond donors (Lipinski definition) is 0. The number of nitriles is 1. The SMILES string of the molecule is N#Cc1nc(CCC=O)cc(-c2cccc(C(F)(F)F)c2)n1. The van der Waals surface area contributed by atoms with Crippen LogP contribution in [0, 0.1) is 11.3 Å². The molecule has 0 saturated heterocycles. The van der Waals surface area contributed by atoms with E-state index in [0.717, 1.165) is 12.1 Å². The Morgan fingerprint density at radius 1 is 1.23 bits per heavy atom. The molecule has 0 unspecified atom stereocenters. The molecule has 0 saturated carbocycles. The van der Waals surface area contributed by atoms with E-state index in [-0.39, 0.29) is 23.5 Å². The fourth-order valence-corrected chi connectivity index (χ4v) is 1.89. The largest absolute Gasteiger partial charge is 0.416 e. The Labute approximate surface area is 124 Å². The maximum Gasteiger partial charge on any atom is 0.416 e. The fraction of sp³-hybridized carbons (Fsp3) is 0.200. The first-order chi connectivity index (χ1) is 10.4. The second-order valence-corrected chi connectivity index (χ2v) is 4.46. The summed E-state index contributed by atoms with van der Waals surface area (Å²) in [6.45, 7) is 0. The van der Waals surface area contributed by atoms with Gasteiger partial charge in [-0.2, -0.15) is 18.4 Å². The quantitative estimate of drug-likeness (QED) is 0.814. The summed E-state index contributed by atoms with van der Waals surface area (Å²) >= 11 is 0. The van der Waals surface area contributed by atoms with Crippen molar-refractivity contribution in [1.82, 2.24) is 9.97 Å². The minimum absolute atomic E-state index is 0.143. The maximum atomic E-state index is 12.8. The van der Waals surface area contributed by atoms with Gasteiger partial charge in [0.2, 0.25) is 5.82 Å². The van der Waals surface area contributed by atoms with Crippen molar-refractivity contribution in [2.45, 2.75) is 19.0 Å². The number of carbonyl (C=O) groups is 1. The zero-order valence-electron chi connectivity index (χ0n) is 11.3. The normalized spacial score (nSPS) is 11.0. The van der Waals surface area contributed by atoms with Crippen molar-refractivity contribution in [3.8, 4) is 17.3 Å². The zero-order chi connectivity index (χ0) is 16.2. The number of carbonyl (C=O) groups excluding carboxylic acids is 1. The number of hydrogen-bond acceptors (Lipinski definition) is 4. The molecule has 1 aromatic carbocycles. The van der Waals surface area contributed by atoms with Gasteiger partial charge in [0.15, 0.2) is 0 Å². The number of nitrogens with zero attached hydrogens (tertiary/aromatic N) is 3. The first-order valence-electron chi connectivity index (χ1n) is 6.33. The van der Waals surface area contributed by atoms with E-state index in [2.05, 4.69) is 9.97 Å². The van der Waals surface area contributed by atoms with Gasteiger partial charge in [0, 0.05) is 17.7 Å². The van der Waals surface area contributed by atoms with Crippen molar-refractivity contribution < 1.29 is 18.0 Å². The highest BCUT2D eigenvalue weighted by molar-refractivity contribution is 5.61. The van der Waals surface area contributed by atoms with E-state index in [9.17, 15) is 18.0 Å². The molecule has 2 rings (SSSR count). The summed E-state index contributed by atoms with van der Waals surface area (Å²) in [4.78, 5) is 18.3. The minimum atomic E-state index is -4.46. The van der Waals surface area contributed by atoms with Crippen LogP contribution in [0.4, 0.5) is 13.2 Å². The van der Waals surface area contributed by atoms with Crippen LogP contribution in [-0.2, 0) is 17.4 Å². The smallest absolute Gasteiger partial charge is 0.303 e. The maximum absolute atomic E-state index is 12.8. The highest BCUT2D eigenvalue weighted by Gasteiger charge is 2.30. The van der Waals surface area contributed by atoms with Crippen LogP contribution in [0.25, 0.3) is 11.3 Å². The average molecular weight is 305 g/mol. The summed E-state index contributed by atoms with van der Waals surface area (Å²) in [5, 5.41) is 8.92. The van der Waals surface area contributed by atoms with E-state index in [1.54, 1.807) is 6.07 Å². The predicted octanol–water partition coefficient (Wildman–Crippen LogP) is 3.17. The van der Waals surface area contributed by atoms with Crippen molar-refractivity contribution in [3.05, 3.63) is 47.4 Å². The molecule has 1 heterocycles. The van der Waals surface area contributed by atoms with Gasteiger partial charge in [-0.3, -0.25) is 0 Å². The molecule has 112 valence electrons. The molecule has 0 aliphatic carbocycles. The molecule has 0 fully saturated rings. The first kappa shape index (κ1) is 15.6. The molecule has 0 radical (unpaired) electrons. The van der Waals surface area contributed by atoms with Crippen molar-refractivity contribution >= 4 is 6.29 Å². The van der Waals surface area contributed by atoms with Gasteiger partial charge in [-0.05, 0) is 24.6 Å². The van der Waals surface area contributed by atoms with Crippen LogP contribution in [0.2, 0.25) is 0 Å². The lowest BCUT2D eigenvalue weighted by atomic mass is 10.1. The molecular formula is C15H10F3N3O. The monoisotopic (exact) mass is 305 g/mol. The van der Waals surface area contributed by atoms with Crippen LogP contribution in [0.15, 0.2) is 30.3 Å². The number of aryl methyl sites for hydroxylation is 1. The number of aldehydes is 1. The molecule has 0 spiro atoms. The van der Waals surface area contributed by atoms with Gasteiger partial charge in [-0.1, -0.05) is 12.1 Å². The minimum Gasteiger partial charge on any atom is -0.303 e. The van der Waals surface area contributed by atoms with E-state index >= 15 is 0 Å². The lowest BCUT2D eigenvalue weighted by molar-refractivity contribution is -0.137. The Morgan fingerprint density at radius 2 is 2.00 bits per heavy atom. The van der Waals surface area contributed by atoms with E-state index in [0.29, 0.717) is 18.4 Å². The highest BCUT2D eigenvalue weighted by atomic mass is 19.4. The average Bonchev–Trinajstić information content (AvgIpc) is 2.52. The molecule has 1 aromatic heterocycles. The van der Waals surface area contributed by atoms with Gasteiger partial charge in [-0.25, -0.2) is 9.97 Å². The number of rotatable bonds is 4. The van der Waals surface area contributed by atoms with Crippen LogP contribution in [0.5, 0.6) is 0 Å². The molecule has 4 nitrogen and oxygen atoms in total. The molecule has 0 aliphatic rings. The molecule has 0 N–H and O–H groups in total. The Hall–Kier alpha value is -2.75. The Bertz CT molecular complexity index is 736. The Balaban J connectivity index is 2.48. The van der Waals surface area contributed by atoms with Crippen molar-refractivity contribution in [2.24, 2.45) is 0 Å². The molecule has 7 heteroatoms. The zero-order valence-corrected chi connectivity index (χ0v) is 11.3. The Kier molecular flexibility index (Phi) is 4.51. The first-order valence-corrected chi connectivity index (χ1v) is 6.33. The Morgan fingerprint density at radius 3 is 2.64 bits per heavy atom. The van der Waals surface area contributed by atoms with Gasteiger partial charge in [0.1, 0.15) is 12.4 Å². The van der Waals surface area contributed by atoms with E-state index in [4.69, 9.17) is 5.26 Å². The van der Waals surface area contributed by atoms with Crippen LogP contribution in [0.3, 0.4) is 0 Å². The lowest BCUT2D eigenvalue weighted by Crippen LogP contribution is -2.05. The highest BCUT2D eigenvalue weighted by Crippen LogP contribution is 2.31. The molecular weight excluding hydrogens is 295 g/mol. The molecule has 2 aromatic rings. The van der Waals surface area contributed by atoms with E-state index in [1.807, 2.05) is 0 Å². The van der Waals surface area contributed by atoms with Gasteiger partial charge in [0.05, 0.1) is 11.3 Å². The fourth-order valence-electron chi connectivity index (χ4n) is 1.89. The van der Waals surface area contributed by atoms with E-state index in [1.165, 1.54) is 18.2 Å². The van der Waals surface area contributed by atoms with Gasteiger partial charge < -0.3 is 4.79 Å². The van der Waals surface area contributed by atoms with Crippen LogP contribution in [-0.4, -0.2) is 16.3 Å². The molecule has 0 amide bonds. The summed E-state index contributed by atoms with van der Waals surface area (Å²) in [5.74, 6) is -0.143. The summed E-state index contributed by atoms with van der Waals surface area (Å²) in [5.41, 5.74) is 0.0993. The van der Waals surface area contributed by atoms with Crippen molar-refractivity contribution in [1.29, 1.82) is 5.26 Å². The summed E-state index contributed by atoms with van der Waals surface area (Å²) < 4.78 is 38.3. The standard InChI is InChI=1S/C15H10F3N3O/c16-15(17,18)11-4-1-3-10(7-11)13-8-12(5-2-6-22)20-14(9-19)21-13/h1,3-4,6-8H,2,5H2. The second-order valence-electron chi connectivity index (χ2n) is 4.46. The number of halogens is 3. The van der Waals surface area contributed by atoms with Gasteiger partial charge in [0.25, 0.3) is 0 Å². The number of alkyl halides is 3. The number of benzene rings is 1. The molecule has 22 heavy (non-hydrogen) atoms. The topological polar surface area (TPSA) is 66.6 Å². The summed E-state index contributed by atoms with van der Waals surface area (Å²) in [6, 6.07) is 7.93. The van der Waals surface area contributed by atoms with Crippen LogP contribution < -0.4 is 0 Å².